The third kappa shape index (κ3) is 8.19. The topological polar surface area (TPSA) is 213 Å². The first-order valence-corrected chi connectivity index (χ1v) is 19.6. The molecule has 4 N–H and O–H groups in total. The molecule has 0 spiro atoms. The smallest absolute Gasteiger partial charge is 0.407 e. The molecule has 1 aromatic carbocycles. The molecule has 6 heterocycles. The van der Waals surface area contributed by atoms with Crippen molar-refractivity contribution < 1.29 is 28.7 Å². The van der Waals surface area contributed by atoms with Gasteiger partial charge in [-0.1, -0.05) is 33.8 Å². The number of imidazole rings is 2. The van der Waals surface area contributed by atoms with Gasteiger partial charge in [0.05, 0.1) is 55.6 Å². The van der Waals surface area contributed by atoms with E-state index in [2.05, 4.69) is 40.5 Å². The maximum Gasteiger partial charge on any atom is 0.407 e. The number of carbonyl (C=O) groups excluding carboxylic acids is 4. The number of hydrogen-bond acceptors (Lipinski definition) is 11. The highest BCUT2D eigenvalue weighted by molar-refractivity contribution is 5.88. The highest BCUT2D eigenvalue weighted by Crippen LogP contribution is 2.35. The third-order valence-electron chi connectivity index (χ3n) is 10.9. The number of aromatic amines is 2. The summed E-state index contributed by atoms with van der Waals surface area (Å²) in [6.45, 7) is 8.70. The fraction of sp³-hybridized carbons (Fsp3) is 0.439. The van der Waals surface area contributed by atoms with Crippen LogP contribution in [0.3, 0.4) is 0 Å². The number of nitrogens with one attached hydrogen (secondary N) is 4. The number of benzene rings is 1. The third-order valence-corrected chi connectivity index (χ3v) is 10.9. The number of pyridine rings is 1. The molecule has 1 unspecified atom stereocenters. The summed E-state index contributed by atoms with van der Waals surface area (Å²) in [7, 11) is 2.56. The maximum absolute atomic E-state index is 13.6. The second-order valence-electron chi connectivity index (χ2n) is 15.4. The SMILES string of the molecule is COC(=O)N[C@H](C(=O)N1CCCC1c1ncc(-c2ccc3nc(-c4ccc(-c5cnc([C@@H]6CCCN6C(=O)[C@@H](NC(=O)OC)C(C)C)[nH]5)cn4)ncc3c2)[nH]1)C(C)C. The van der Waals surface area contributed by atoms with E-state index in [4.69, 9.17) is 14.5 Å². The average molecular weight is 792 g/mol. The molecule has 304 valence electrons. The Labute approximate surface area is 335 Å². The highest BCUT2D eigenvalue weighted by atomic mass is 16.5. The average Bonchev–Trinajstić information content (AvgIpc) is 4.07. The van der Waals surface area contributed by atoms with Gasteiger partial charge in [-0.3, -0.25) is 14.6 Å². The summed E-state index contributed by atoms with van der Waals surface area (Å²) in [6, 6.07) is 7.78. The van der Waals surface area contributed by atoms with Crippen molar-refractivity contribution in [3.05, 3.63) is 66.8 Å². The molecule has 5 aromatic rings. The number of nitrogens with zero attached hydrogens (tertiary/aromatic N) is 7. The lowest BCUT2D eigenvalue weighted by Crippen LogP contribution is -2.51. The minimum absolute atomic E-state index is 0.121. The molecule has 0 radical (unpaired) electrons. The molecule has 17 nitrogen and oxygen atoms in total. The van der Waals surface area contributed by atoms with E-state index in [1.807, 2.05) is 58.0 Å². The van der Waals surface area contributed by atoms with E-state index < -0.39 is 24.3 Å². The molecule has 0 aliphatic carbocycles. The number of fused-ring (bicyclic) bond motifs is 1. The molecule has 58 heavy (non-hydrogen) atoms. The normalized spacial score (nSPS) is 17.8. The summed E-state index contributed by atoms with van der Waals surface area (Å²) in [5.74, 6) is 1.28. The van der Waals surface area contributed by atoms with Crippen molar-refractivity contribution in [1.29, 1.82) is 0 Å². The van der Waals surface area contributed by atoms with Crippen LogP contribution in [0.1, 0.15) is 77.1 Å². The zero-order valence-electron chi connectivity index (χ0n) is 33.5. The van der Waals surface area contributed by atoms with Gasteiger partial charge in [-0.15, -0.1) is 0 Å². The van der Waals surface area contributed by atoms with Gasteiger partial charge in [0.2, 0.25) is 11.8 Å². The number of H-pyrrole nitrogens is 2. The molecular formula is C41H49N11O6. The summed E-state index contributed by atoms with van der Waals surface area (Å²) in [5, 5.41) is 6.21. The molecule has 2 aliphatic heterocycles. The number of ether oxygens (including phenoxy) is 2. The van der Waals surface area contributed by atoms with Crippen LogP contribution in [0.4, 0.5) is 9.59 Å². The first-order valence-electron chi connectivity index (χ1n) is 19.6. The van der Waals surface area contributed by atoms with Crippen molar-refractivity contribution in [2.24, 2.45) is 11.8 Å². The quantitative estimate of drug-likeness (QED) is 0.130. The van der Waals surface area contributed by atoms with Crippen LogP contribution in [0.5, 0.6) is 0 Å². The molecule has 4 amide bonds. The van der Waals surface area contributed by atoms with Gasteiger partial charge in [-0.25, -0.2) is 29.5 Å². The van der Waals surface area contributed by atoms with Crippen LogP contribution < -0.4 is 10.6 Å². The summed E-state index contributed by atoms with van der Waals surface area (Å²) in [4.78, 5) is 84.8. The monoisotopic (exact) mass is 791 g/mol. The molecule has 7 rings (SSSR count). The molecular weight excluding hydrogens is 743 g/mol. The van der Waals surface area contributed by atoms with Crippen molar-refractivity contribution in [2.45, 2.75) is 77.5 Å². The maximum atomic E-state index is 13.6. The first kappa shape index (κ1) is 39.8. The van der Waals surface area contributed by atoms with Crippen LogP contribution in [0.2, 0.25) is 0 Å². The van der Waals surface area contributed by atoms with Gasteiger partial charge in [0.25, 0.3) is 0 Å². The number of methoxy groups -OCH3 is 2. The Morgan fingerprint density at radius 2 is 1.22 bits per heavy atom. The van der Waals surface area contributed by atoms with Gasteiger partial charge >= 0.3 is 12.2 Å². The molecule has 4 atom stereocenters. The van der Waals surface area contributed by atoms with Gasteiger partial charge < -0.3 is 39.9 Å². The minimum atomic E-state index is -0.709. The summed E-state index contributed by atoms with van der Waals surface area (Å²) < 4.78 is 9.50. The van der Waals surface area contributed by atoms with E-state index >= 15 is 0 Å². The van der Waals surface area contributed by atoms with Crippen molar-refractivity contribution >= 4 is 34.9 Å². The van der Waals surface area contributed by atoms with Gasteiger partial charge in [0.1, 0.15) is 29.4 Å². The van der Waals surface area contributed by atoms with E-state index in [0.717, 1.165) is 59.1 Å². The lowest BCUT2D eigenvalue weighted by Gasteiger charge is -2.30. The number of hydrogen-bond donors (Lipinski definition) is 4. The van der Waals surface area contributed by atoms with Gasteiger partial charge in [-0.05, 0) is 61.8 Å². The van der Waals surface area contributed by atoms with Crippen molar-refractivity contribution in [3.8, 4) is 34.0 Å². The molecule has 17 heteroatoms. The second kappa shape index (κ2) is 17.0. The van der Waals surface area contributed by atoms with Crippen molar-refractivity contribution in [2.75, 3.05) is 27.3 Å². The predicted octanol–water partition coefficient (Wildman–Crippen LogP) is 5.56. The molecule has 4 aromatic heterocycles. The zero-order chi connectivity index (χ0) is 41.1. The summed E-state index contributed by atoms with van der Waals surface area (Å²) >= 11 is 0. The Morgan fingerprint density at radius 3 is 1.72 bits per heavy atom. The number of likely N-dealkylation sites (tertiary alicyclic amines) is 2. The number of aromatic nitrogens is 7. The zero-order valence-corrected chi connectivity index (χ0v) is 33.5. The van der Waals surface area contributed by atoms with Crippen LogP contribution in [-0.2, 0) is 19.1 Å². The summed E-state index contributed by atoms with van der Waals surface area (Å²) in [6.07, 6.45) is 8.90. The first-order chi connectivity index (χ1) is 27.9. The largest absolute Gasteiger partial charge is 0.453 e. The number of carbonyl (C=O) groups is 4. The van der Waals surface area contributed by atoms with E-state index in [0.29, 0.717) is 36.3 Å². The Hall–Kier alpha value is -6.39. The number of rotatable bonds is 11. The van der Waals surface area contributed by atoms with Gasteiger partial charge in [0.15, 0.2) is 5.82 Å². The van der Waals surface area contributed by atoms with Crippen LogP contribution in [0, 0.1) is 11.8 Å². The van der Waals surface area contributed by atoms with E-state index in [1.54, 1.807) is 34.6 Å². The highest BCUT2D eigenvalue weighted by Gasteiger charge is 2.39. The molecule has 2 fully saturated rings. The lowest BCUT2D eigenvalue weighted by molar-refractivity contribution is -0.136. The van der Waals surface area contributed by atoms with Gasteiger partial charge in [-0.2, -0.15) is 0 Å². The molecule has 0 bridgehead atoms. The molecule has 2 aliphatic rings. The second-order valence-corrected chi connectivity index (χ2v) is 15.4. The predicted molar refractivity (Wildman–Crippen MR) is 214 cm³/mol. The standard InChI is InChI=1S/C41H49N11O6/c1-22(2)33(49-40(55)57-5)38(53)51-15-7-9-31(51)36-44-20-29(47-36)24-11-13-27-26(17-24)19-43-35(46-27)28-14-12-25(18-42-28)30-21-45-37(48-30)32-10-8-16-52(32)39(54)34(23(3)4)50-41(56)58-6/h11-14,17-23,31-34H,7-10,15-16H2,1-6H3,(H,44,47)(H,45,48)(H,49,55)(H,50,56)/t31?,32-,33-,34-/m0/s1. The molecule has 0 saturated carbocycles. The summed E-state index contributed by atoms with van der Waals surface area (Å²) in [5.41, 5.74) is 4.64. The molecule has 2 saturated heterocycles. The van der Waals surface area contributed by atoms with Crippen LogP contribution >= 0.6 is 0 Å². The Balaban J connectivity index is 1.02. The number of amides is 4. The van der Waals surface area contributed by atoms with Gasteiger partial charge in [0, 0.05) is 42.0 Å². The van der Waals surface area contributed by atoms with Crippen molar-refractivity contribution in [3.63, 3.8) is 0 Å². The van der Waals surface area contributed by atoms with Crippen LogP contribution in [0.25, 0.3) is 44.9 Å². The fourth-order valence-electron chi connectivity index (χ4n) is 7.70. The fourth-order valence-corrected chi connectivity index (χ4v) is 7.70. The van der Waals surface area contributed by atoms with E-state index in [1.165, 1.54) is 14.2 Å². The van der Waals surface area contributed by atoms with Crippen molar-refractivity contribution in [1.82, 2.24) is 55.3 Å². The lowest BCUT2D eigenvalue weighted by atomic mass is 10.0. The van der Waals surface area contributed by atoms with E-state index in [9.17, 15) is 19.2 Å². The van der Waals surface area contributed by atoms with Crippen LogP contribution in [-0.4, -0.2) is 108 Å². The number of alkyl carbamates (subject to hydrolysis) is 2. The Bertz CT molecular complexity index is 2290. The van der Waals surface area contributed by atoms with E-state index in [-0.39, 0.29) is 35.7 Å². The minimum Gasteiger partial charge on any atom is -0.453 e. The van der Waals surface area contributed by atoms with Crippen LogP contribution in [0.15, 0.2) is 55.1 Å². The Morgan fingerprint density at radius 1 is 0.690 bits per heavy atom. The Kier molecular flexibility index (Phi) is 11.7.